The second kappa shape index (κ2) is 6.12. The summed E-state index contributed by atoms with van der Waals surface area (Å²) in [5, 5.41) is 3.85. The molecule has 1 N–H and O–H groups in total. The van der Waals surface area contributed by atoms with Crippen molar-refractivity contribution >= 4 is 11.8 Å². The summed E-state index contributed by atoms with van der Waals surface area (Å²) in [7, 11) is 0. The lowest BCUT2D eigenvalue weighted by Gasteiger charge is -2.30. The number of hydrogen-bond acceptors (Lipinski definition) is 3. The first-order chi connectivity index (χ1) is 7.40. The number of rotatable bonds is 4. The molecule has 0 aromatic heterocycles. The Kier molecular flexibility index (Phi) is 4.79. The minimum absolute atomic E-state index is 0.691. The van der Waals surface area contributed by atoms with Crippen LogP contribution in [-0.2, 0) is 4.74 Å². The van der Waals surface area contributed by atoms with Gasteiger partial charge in [-0.1, -0.05) is 6.92 Å². The molecule has 0 radical (unpaired) electrons. The van der Waals surface area contributed by atoms with E-state index in [9.17, 15) is 0 Å². The zero-order valence-electron chi connectivity index (χ0n) is 9.71. The van der Waals surface area contributed by atoms with Crippen molar-refractivity contribution < 1.29 is 4.74 Å². The molecule has 88 valence electrons. The van der Waals surface area contributed by atoms with Gasteiger partial charge in [-0.3, -0.25) is 0 Å². The van der Waals surface area contributed by atoms with Gasteiger partial charge in [0.2, 0.25) is 0 Å². The molecular weight excluding hydrogens is 206 g/mol. The van der Waals surface area contributed by atoms with Gasteiger partial charge in [0.25, 0.3) is 0 Å². The summed E-state index contributed by atoms with van der Waals surface area (Å²) in [5.41, 5.74) is 0. The monoisotopic (exact) mass is 229 g/mol. The van der Waals surface area contributed by atoms with E-state index in [0.717, 1.165) is 25.2 Å². The Hall–Kier alpha value is 0.270. The first-order valence-corrected chi connectivity index (χ1v) is 7.47. The molecule has 3 heteroatoms. The second-order valence-corrected chi connectivity index (χ2v) is 5.87. The van der Waals surface area contributed by atoms with Crippen molar-refractivity contribution in [3.8, 4) is 0 Å². The molecule has 2 saturated heterocycles. The minimum atomic E-state index is 0.691. The van der Waals surface area contributed by atoms with Crippen LogP contribution in [-0.4, -0.2) is 36.8 Å². The van der Waals surface area contributed by atoms with Gasteiger partial charge < -0.3 is 10.1 Å². The Balaban J connectivity index is 1.78. The molecule has 2 aliphatic heterocycles. The Morgan fingerprint density at radius 2 is 2.40 bits per heavy atom. The normalized spacial score (nSPS) is 34.2. The maximum atomic E-state index is 5.48. The molecule has 0 aromatic rings. The molecule has 15 heavy (non-hydrogen) atoms. The van der Waals surface area contributed by atoms with E-state index in [1.54, 1.807) is 0 Å². The van der Waals surface area contributed by atoms with E-state index in [0.29, 0.717) is 6.04 Å². The van der Waals surface area contributed by atoms with Crippen LogP contribution in [0.4, 0.5) is 0 Å². The third-order valence-corrected chi connectivity index (χ3v) is 4.80. The van der Waals surface area contributed by atoms with Crippen molar-refractivity contribution in [3.63, 3.8) is 0 Å². The maximum absolute atomic E-state index is 5.48. The summed E-state index contributed by atoms with van der Waals surface area (Å²) >= 11 is 2.10. The van der Waals surface area contributed by atoms with Crippen LogP contribution in [0.5, 0.6) is 0 Å². The zero-order chi connectivity index (χ0) is 10.5. The lowest BCUT2D eigenvalue weighted by atomic mass is 9.95. The molecular formula is C12H23NOS. The van der Waals surface area contributed by atoms with Gasteiger partial charge in [-0.15, -0.1) is 0 Å². The highest BCUT2D eigenvalue weighted by Crippen LogP contribution is 2.22. The zero-order valence-corrected chi connectivity index (χ0v) is 10.5. The van der Waals surface area contributed by atoms with Crippen LogP contribution in [0.25, 0.3) is 0 Å². The third-order valence-electron chi connectivity index (χ3n) is 3.58. The van der Waals surface area contributed by atoms with Crippen molar-refractivity contribution in [1.29, 1.82) is 0 Å². The van der Waals surface area contributed by atoms with E-state index in [1.807, 2.05) is 0 Å². The van der Waals surface area contributed by atoms with E-state index in [1.165, 1.54) is 37.2 Å². The van der Waals surface area contributed by atoms with Gasteiger partial charge in [0.05, 0.1) is 6.61 Å². The lowest BCUT2D eigenvalue weighted by Crippen LogP contribution is -2.45. The fraction of sp³-hybridized carbons (Fsp3) is 1.00. The fourth-order valence-electron chi connectivity index (χ4n) is 2.63. The lowest BCUT2D eigenvalue weighted by molar-refractivity contribution is 0.173. The van der Waals surface area contributed by atoms with Gasteiger partial charge in [0.1, 0.15) is 0 Å². The molecule has 3 unspecified atom stereocenters. The largest absolute Gasteiger partial charge is 0.381 e. The molecule has 3 atom stereocenters. The molecule has 0 spiro atoms. The molecule has 0 amide bonds. The molecule has 2 fully saturated rings. The highest BCUT2D eigenvalue weighted by molar-refractivity contribution is 7.99. The SMILES string of the molecule is CCC(NC1CCCSC1)C1CCOC1. The first-order valence-electron chi connectivity index (χ1n) is 6.31. The predicted molar refractivity (Wildman–Crippen MR) is 66.5 cm³/mol. The summed E-state index contributed by atoms with van der Waals surface area (Å²) in [5.74, 6) is 3.44. The smallest absolute Gasteiger partial charge is 0.0510 e. The summed E-state index contributed by atoms with van der Waals surface area (Å²) < 4.78 is 5.48. The summed E-state index contributed by atoms with van der Waals surface area (Å²) in [6.45, 7) is 4.25. The van der Waals surface area contributed by atoms with Crippen LogP contribution in [0.1, 0.15) is 32.6 Å². The first kappa shape index (κ1) is 11.7. The summed E-state index contributed by atoms with van der Waals surface area (Å²) in [6.07, 6.45) is 5.26. The highest BCUT2D eigenvalue weighted by Gasteiger charge is 2.26. The Labute approximate surface area is 97.5 Å². The number of ether oxygens (including phenoxy) is 1. The van der Waals surface area contributed by atoms with Crippen molar-refractivity contribution in [2.24, 2.45) is 5.92 Å². The van der Waals surface area contributed by atoms with Gasteiger partial charge in [-0.25, -0.2) is 0 Å². The quantitative estimate of drug-likeness (QED) is 0.799. The number of thioether (sulfide) groups is 1. The number of hydrogen-bond donors (Lipinski definition) is 1. The van der Waals surface area contributed by atoms with Crippen molar-refractivity contribution in [2.75, 3.05) is 24.7 Å². The Bertz CT molecular complexity index is 176. The van der Waals surface area contributed by atoms with E-state index in [2.05, 4.69) is 24.0 Å². The van der Waals surface area contributed by atoms with E-state index in [-0.39, 0.29) is 0 Å². The fourth-order valence-corrected chi connectivity index (χ4v) is 3.72. The summed E-state index contributed by atoms with van der Waals surface area (Å²) in [4.78, 5) is 0. The maximum Gasteiger partial charge on any atom is 0.0510 e. The Morgan fingerprint density at radius 3 is 3.00 bits per heavy atom. The van der Waals surface area contributed by atoms with Gasteiger partial charge in [0.15, 0.2) is 0 Å². The van der Waals surface area contributed by atoms with Crippen LogP contribution in [0.15, 0.2) is 0 Å². The molecule has 0 bridgehead atoms. The predicted octanol–water partition coefficient (Wildman–Crippen LogP) is 2.29. The Morgan fingerprint density at radius 1 is 1.47 bits per heavy atom. The average Bonchev–Trinajstić information content (AvgIpc) is 2.81. The van der Waals surface area contributed by atoms with Crippen LogP contribution in [0, 0.1) is 5.92 Å². The van der Waals surface area contributed by atoms with Crippen LogP contribution >= 0.6 is 11.8 Å². The van der Waals surface area contributed by atoms with Gasteiger partial charge in [-0.2, -0.15) is 11.8 Å². The standard InChI is InChI=1S/C12H23NOS/c1-2-12(10-5-6-14-8-10)13-11-4-3-7-15-9-11/h10-13H,2-9H2,1H3. The minimum Gasteiger partial charge on any atom is -0.381 e. The molecule has 0 aromatic carbocycles. The molecule has 2 aliphatic rings. The number of nitrogens with one attached hydrogen (secondary N) is 1. The van der Waals surface area contributed by atoms with Crippen LogP contribution < -0.4 is 5.32 Å². The van der Waals surface area contributed by atoms with Crippen molar-refractivity contribution in [3.05, 3.63) is 0 Å². The summed E-state index contributed by atoms with van der Waals surface area (Å²) in [6, 6.07) is 1.45. The van der Waals surface area contributed by atoms with Gasteiger partial charge in [0, 0.05) is 24.4 Å². The van der Waals surface area contributed by atoms with Crippen LogP contribution in [0.2, 0.25) is 0 Å². The van der Waals surface area contributed by atoms with E-state index >= 15 is 0 Å². The third kappa shape index (κ3) is 3.36. The molecule has 2 heterocycles. The topological polar surface area (TPSA) is 21.3 Å². The highest BCUT2D eigenvalue weighted by atomic mass is 32.2. The van der Waals surface area contributed by atoms with Gasteiger partial charge in [-0.05, 0) is 37.4 Å². The van der Waals surface area contributed by atoms with Gasteiger partial charge >= 0.3 is 0 Å². The van der Waals surface area contributed by atoms with Crippen molar-refractivity contribution in [2.45, 2.75) is 44.7 Å². The van der Waals surface area contributed by atoms with Crippen LogP contribution in [0.3, 0.4) is 0 Å². The molecule has 2 rings (SSSR count). The molecule has 2 nitrogen and oxygen atoms in total. The molecule has 0 aliphatic carbocycles. The van der Waals surface area contributed by atoms with Crippen molar-refractivity contribution in [1.82, 2.24) is 5.32 Å². The van der Waals surface area contributed by atoms with E-state index in [4.69, 9.17) is 4.74 Å². The second-order valence-electron chi connectivity index (χ2n) is 4.72. The molecule has 0 saturated carbocycles. The average molecular weight is 229 g/mol. The van der Waals surface area contributed by atoms with E-state index < -0.39 is 0 Å².